The molecule has 0 saturated heterocycles. The van der Waals surface area contributed by atoms with E-state index >= 15 is 0 Å². The summed E-state index contributed by atoms with van der Waals surface area (Å²) in [7, 11) is 0. The molecule has 0 spiro atoms. The van der Waals surface area contributed by atoms with Gasteiger partial charge in [0.15, 0.2) is 0 Å². The van der Waals surface area contributed by atoms with Gasteiger partial charge in [-0.25, -0.2) is 0 Å². The first-order chi connectivity index (χ1) is 5.86. The van der Waals surface area contributed by atoms with Gasteiger partial charge >= 0.3 is 0 Å². The van der Waals surface area contributed by atoms with Crippen LogP contribution in [0.25, 0.3) is 0 Å². The molecule has 0 aromatic heterocycles. The maximum absolute atomic E-state index is 6.01. The molecule has 0 aromatic rings. The summed E-state index contributed by atoms with van der Waals surface area (Å²) in [6.45, 7) is 0. The Kier molecular flexibility index (Phi) is 2.69. The van der Waals surface area contributed by atoms with E-state index in [0.717, 1.165) is 11.8 Å². The molecule has 2 aliphatic carbocycles. The highest BCUT2D eigenvalue weighted by atomic mass is 14.6. The van der Waals surface area contributed by atoms with Crippen molar-refractivity contribution in [1.82, 2.24) is 0 Å². The molecule has 0 aliphatic heterocycles. The van der Waals surface area contributed by atoms with Gasteiger partial charge in [-0.05, 0) is 37.5 Å². The molecule has 2 fully saturated rings. The Hall–Kier alpha value is -0.0400. The second-order valence-corrected chi connectivity index (χ2v) is 4.73. The lowest BCUT2D eigenvalue weighted by molar-refractivity contribution is 0.449. The van der Waals surface area contributed by atoms with Crippen molar-refractivity contribution in [2.45, 2.75) is 57.4 Å². The molecule has 0 amide bonds. The average Bonchev–Trinajstić information content (AvgIpc) is 2.80. The Morgan fingerprint density at radius 2 is 1.50 bits per heavy atom. The Morgan fingerprint density at radius 3 is 2.42 bits per heavy atom. The van der Waals surface area contributed by atoms with Crippen molar-refractivity contribution in [3.05, 3.63) is 0 Å². The Labute approximate surface area is 75.7 Å². The highest BCUT2D eigenvalue weighted by molar-refractivity contribution is 4.87. The Balaban J connectivity index is 1.77. The lowest BCUT2D eigenvalue weighted by Crippen LogP contribution is -2.20. The third-order valence-corrected chi connectivity index (χ3v) is 3.63. The highest BCUT2D eigenvalue weighted by Crippen LogP contribution is 2.46. The SMILES string of the molecule is N[C@H]1CCCCCC2CC2CC1. The molecule has 2 unspecified atom stereocenters. The maximum atomic E-state index is 6.01. The van der Waals surface area contributed by atoms with Crippen LogP contribution in [-0.4, -0.2) is 6.04 Å². The average molecular weight is 167 g/mol. The minimum Gasteiger partial charge on any atom is -0.328 e. The molecule has 0 radical (unpaired) electrons. The van der Waals surface area contributed by atoms with Crippen LogP contribution in [0, 0.1) is 11.8 Å². The second-order valence-electron chi connectivity index (χ2n) is 4.73. The van der Waals surface area contributed by atoms with Crippen LogP contribution in [0.2, 0.25) is 0 Å². The van der Waals surface area contributed by atoms with Gasteiger partial charge in [0, 0.05) is 6.04 Å². The highest BCUT2D eigenvalue weighted by Gasteiger charge is 2.35. The molecule has 0 heterocycles. The first-order valence-electron chi connectivity index (χ1n) is 5.62. The van der Waals surface area contributed by atoms with Gasteiger partial charge in [-0.15, -0.1) is 0 Å². The van der Waals surface area contributed by atoms with E-state index in [-0.39, 0.29) is 0 Å². The summed E-state index contributed by atoms with van der Waals surface area (Å²) < 4.78 is 0. The van der Waals surface area contributed by atoms with Crippen molar-refractivity contribution in [2.75, 3.05) is 0 Å². The number of hydrogen-bond donors (Lipinski definition) is 1. The van der Waals surface area contributed by atoms with E-state index in [1.54, 1.807) is 0 Å². The van der Waals surface area contributed by atoms with Gasteiger partial charge in [-0.3, -0.25) is 0 Å². The van der Waals surface area contributed by atoms with Gasteiger partial charge < -0.3 is 5.73 Å². The van der Waals surface area contributed by atoms with E-state index in [9.17, 15) is 0 Å². The molecule has 3 atom stereocenters. The molecule has 12 heavy (non-hydrogen) atoms. The molecule has 2 aliphatic rings. The number of hydrogen-bond acceptors (Lipinski definition) is 1. The van der Waals surface area contributed by atoms with Crippen molar-refractivity contribution in [1.29, 1.82) is 0 Å². The predicted octanol–water partition coefficient (Wildman–Crippen LogP) is 2.69. The number of nitrogens with two attached hydrogens (primary N) is 1. The zero-order valence-electron chi connectivity index (χ0n) is 7.97. The van der Waals surface area contributed by atoms with Crippen LogP contribution in [0.3, 0.4) is 0 Å². The Morgan fingerprint density at radius 1 is 0.750 bits per heavy atom. The van der Waals surface area contributed by atoms with E-state index in [0.29, 0.717) is 6.04 Å². The smallest absolute Gasteiger partial charge is 0.00389 e. The molecule has 2 rings (SSSR count). The van der Waals surface area contributed by atoms with Crippen LogP contribution in [-0.2, 0) is 0 Å². The van der Waals surface area contributed by atoms with Crippen molar-refractivity contribution >= 4 is 0 Å². The summed E-state index contributed by atoms with van der Waals surface area (Å²) in [5, 5.41) is 0. The largest absolute Gasteiger partial charge is 0.328 e. The summed E-state index contributed by atoms with van der Waals surface area (Å²) in [6.07, 6.45) is 11.3. The molecule has 1 heteroatoms. The van der Waals surface area contributed by atoms with Crippen LogP contribution in [0.4, 0.5) is 0 Å². The molecule has 0 aromatic carbocycles. The zero-order valence-corrected chi connectivity index (χ0v) is 7.97. The van der Waals surface area contributed by atoms with Crippen LogP contribution in [0.1, 0.15) is 51.4 Å². The minimum atomic E-state index is 0.518. The molecule has 2 N–H and O–H groups in total. The monoisotopic (exact) mass is 167 g/mol. The summed E-state index contributed by atoms with van der Waals surface area (Å²) in [6, 6.07) is 0.518. The fourth-order valence-corrected chi connectivity index (χ4v) is 2.58. The topological polar surface area (TPSA) is 26.0 Å². The van der Waals surface area contributed by atoms with Gasteiger partial charge in [-0.2, -0.15) is 0 Å². The summed E-state index contributed by atoms with van der Waals surface area (Å²) in [5.74, 6) is 2.18. The fourth-order valence-electron chi connectivity index (χ4n) is 2.58. The molecular formula is C11H21N. The van der Waals surface area contributed by atoms with Crippen molar-refractivity contribution < 1.29 is 0 Å². The molecule has 1 nitrogen and oxygen atoms in total. The fraction of sp³-hybridized carbons (Fsp3) is 1.00. The van der Waals surface area contributed by atoms with Crippen LogP contribution >= 0.6 is 0 Å². The van der Waals surface area contributed by atoms with Gasteiger partial charge in [0.05, 0.1) is 0 Å². The molecule has 2 saturated carbocycles. The van der Waals surface area contributed by atoms with E-state index in [2.05, 4.69) is 0 Å². The van der Waals surface area contributed by atoms with Gasteiger partial charge in [0.25, 0.3) is 0 Å². The summed E-state index contributed by atoms with van der Waals surface area (Å²) in [5.41, 5.74) is 6.01. The lowest BCUT2D eigenvalue weighted by atomic mass is 9.98. The van der Waals surface area contributed by atoms with Crippen molar-refractivity contribution in [3.63, 3.8) is 0 Å². The van der Waals surface area contributed by atoms with Crippen LogP contribution < -0.4 is 5.73 Å². The zero-order chi connectivity index (χ0) is 8.39. The molecule has 70 valence electrons. The summed E-state index contributed by atoms with van der Waals surface area (Å²) in [4.78, 5) is 0. The molecule has 0 bridgehead atoms. The first kappa shape index (κ1) is 8.55. The Bertz CT molecular complexity index is 142. The van der Waals surface area contributed by atoms with Gasteiger partial charge in [-0.1, -0.05) is 25.7 Å². The molecular weight excluding hydrogens is 146 g/mol. The first-order valence-corrected chi connectivity index (χ1v) is 5.62. The lowest BCUT2D eigenvalue weighted by Gasteiger charge is -2.12. The maximum Gasteiger partial charge on any atom is 0.00389 e. The quantitative estimate of drug-likeness (QED) is 0.590. The van der Waals surface area contributed by atoms with E-state index < -0.39 is 0 Å². The summed E-state index contributed by atoms with van der Waals surface area (Å²) >= 11 is 0. The van der Waals surface area contributed by atoms with Crippen molar-refractivity contribution in [2.24, 2.45) is 17.6 Å². The van der Waals surface area contributed by atoms with E-state index in [1.165, 1.54) is 51.4 Å². The normalized spacial score (nSPS) is 43.2. The third-order valence-electron chi connectivity index (χ3n) is 3.63. The van der Waals surface area contributed by atoms with Crippen LogP contribution in [0.5, 0.6) is 0 Å². The minimum absolute atomic E-state index is 0.518. The standard InChI is InChI=1S/C11H21N/c12-11-5-3-1-2-4-9-8-10(9)6-7-11/h9-11H,1-8,12H2/t9?,10?,11-/m0/s1. The number of rotatable bonds is 0. The van der Waals surface area contributed by atoms with Gasteiger partial charge in [0.1, 0.15) is 0 Å². The number of fused-ring (bicyclic) bond motifs is 1. The third kappa shape index (κ3) is 2.22. The van der Waals surface area contributed by atoms with E-state index in [1.807, 2.05) is 0 Å². The second kappa shape index (κ2) is 3.78. The van der Waals surface area contributed by atoms with Gasteiger partial charge in [0.2, 0.25) is 0 Å². The predicted molar refractivity (Wildman–Crippen MR) is 51.9 cm³/mol. The van der Waals surface area contributed by atoms with Crippen LogP contribution in [0.15, 0.2) is 0 Å². The van der Waals surface area contributed by atoms with Crippen molar-refractivity contribution in [3.8, 4) is 0 Å². The van der Waals surface area contributed by atoms with E-state index in [4.69, 9.17) is 5.73 Å².